The Kier molecular flexibility index (Phi) is 6.08. The first kappa shape index (κ1) is 18.9. The highest BCUT2D eigenvalue weighted by molar-refractivity contribution is 5.83. The van der Waals surface area contributed by atoms with Crippen LogP contribution in [-0.4, -0.2) is 51.8 Å². The van der Waals surface area contributed by atoms with Crippen LogP contribution in [0.5, 0.6) is 5.75 Å². The van der Waals surface area contributed by atoms with Gasteiger partial charge < -0.3 is 19.3 Å². The Hall–Kier alpha value is -2.86. The summed E-state index contributed by atoms with van der Waals surface area (Å²) in [5.74, 6) is 0.419. The number of carboxylic acid groups (broad SMARTS) is 1. The number of para-hydroxylation sites is 3. The van der Waals surface area contributed by atoms with Gasteiger partial charge in [0.05, 0.1) is 16.6 Å². The average Bonchev–Trinajstić information content (AvgIpc) is 3.03. The predicted octanol–water partition coefficient (Wildman–Crippen LogP) is 3.51. The van der Waals surface area contributed by atoms with E-state index in [0.29, 0.717) is 18.2 Å². The van der Waals surface area contributed by atoms with Gasteiger partial charge in [-0.2, -0.15) is 0 Å². The van der Waals surface area contributed by atoms with Gasteiger partial charge in [-0.15, -0.1) is 0 Å². The monoisotopic (exact) mass is 367 g/mol. The number of rotatable bonds is 9. The van der Waals surface area contributed by atoms with Gasteiger partial charge in [-0.25, -0.2) is 4.98 Å². The highest BCUT2D eigenvalue weighted by Gasteiger charge is 2.17. The molecule has 1 N–H and O–H groups in total. The maximum atomic E-state index is 11.4. The quantitative estimate of drug-likeness (QED) is 0.627. The van der Waals surface area contributed by atoms with Gasteiger partial charge in [-0.3, -0.25) is 4.79 Å². The highest BCUT2D eigenvalue weighted by Crippen LogP contribution is 2.32. The minimum absolute atomic E-state index is 0.149. The fourth-order valence-electron chi connectivity index (χ4n) is 3.18. The predicted molar refractivity (Wildman–Crippen MR) is 106 cm³/mol. The number of fused-ring (bicyclic) bond motifs is 1. The number of nitrogens with zero attached hydrogens (tertiary/aromatic N) is 3. The van der Waals surface area contributed by atoms with E-state index in [1.807, 2.05) is 48.5 Å². The molecule has 0 fully saturated rings. The van der Waals surface area contributed by atoms with Crippen molar-refractivity contribution in [3.8, 4) is 17.1 Å². The van der Waals surface area contributed by atoms with Crippen LogP contribution >= 0.6 is 0 Å². The number of carboxylic acids is 1. The minimum Gasteiger partial charge on any atom is -0.491 e. The molecule has 6 nitrogen and oxygen atoms in total. The van der Waals surface area contributed by atoms with E-state index >= 15 is 0 Å². The first-order valence-corrected chi connectivity index (χ1v) is 9.25. The van der Waals surface area contributed by atoms with E-state index in [4.69, 9.17) is 4.74 Å². The van der Waals surface area contributed by atoms with E-state index in [1.165, 1.54) is 0 Å². The Morgan fingerprint density at radius 3 is 2.56 bits per heavy atom. The van der Waals surface area contributed by atoms with E-state index in [9.17, 15) is 9.90 Å². The third kappa shape index (κ3) is 4.28. The lowest BCUT2D eigenvalue weighted by atomic mass is 10.2. The Morgan fingerprint density at radius 1 is 1.11 bits per heavy atom. The molecule has 0 saturated heterocycles. The minimum atomic E-state index is -0.903. The zero-order valence-electron chi connectivity index (χ0n) is 15.8. The summed E-state index contributed by atoms with van der Waals surface area (Å²) in [5.41, 5.74) is 2.37. The summed E-state index contributed by atoms with van der Waals surface area (Å²) >= 11 is 0. The van der Waals surface area contributed by atoms with Gasteiger partial charge in [0, 0.05) is 6.54 Å². The lowest BCUT2D eigenvalue weighted by molar-refractivity contribution is -0.137. The Balaban J connectivity index is 1.96. The number of benzene rings is 2. The number of ether oxygens (including phenoxy) is 1. The summed E-state index contributed by atoms with van der Waals surface area (Å²) in [7, 11) is 0. The standard InChI is InChI=1S/C21H25N3O3/c1-3-23(4-2)13-14-27-19-12-8-5-9-16(19)21-22-17-10-6-7-11-18(17)24(21)15-20(25)26/h5-12H,3-4,13-15H2,1-2H3,(H,25,26). The second-order valence-electron chi connectivity index (χ2n) is 6.28. The van der Waals surface area contributed by atoms with Crippen LogP contribution < -0.4 is 4.74 Å². The molecule has 0 unspecified atom stereocenters. The first-order valence-electron chi connectivity index (χ1n) is 9.25. The number of hydrogen-bond donors (Lipinski definition) is 1. The molecule has 0 spiro atoms. The van der Waals surface area contributed by atoms with E-state index in [-0.39, 0.29) is 6.54 Å². The summed E-state index contributed by atoms with van der Waals surface area (Å²) in [6.07, 6.45) is 0. The van der Waals surface area contributed by atoms with Gasteiger partial charge in [-0.1, -0.05) is 38.1 Å². The van der Waals surface area contributed by atoms with Crippen LogP contribution in [0.4, 0.5) is 0 Å². The topological polar surface area (TPSA) is 67.6 Å². The molecule has 0 amide bonds. The van der Waals surface area contributed by atoms with Gasteiger partial charge in [0.25, 0.3) is 0 Å². The first-order chi connectivity index (χ1) is 13.1. The molecule has 142 valence electrons. The Morgan fingerprint density at radius 2 is 1.81 bits per heavy atom. The SMILES string of the molecule is CCN(CC)CCOc1ccccc1-c1nc2ccccc2n1CC(=O)O. The van der Waals surface area contributed by atoms with Crippen molar-refractivity contribution in [2.45, 2.75) is 20.4 Å². The molecule has 0 aliphatic rings. The average molecular weight is 367 g/mol. The van der Waals surface area contributed by atoms with Crippen molar-refractivity contribution in [2.75, 3.05) is 26.2 Å². The maximum absolute atomic E-state index is 11.4. The Bertz CT molecular complexity index is 916. The van der Waals surface area contributed by atoms with E-state index in [0.717, 1.165) is 36.2 Å². The van der Waals surface area contributed by atoms with E-state index < -0.39 is 5.97 Å². The van der Waals surface area contributed by atoms with Gasteiger partial charge in [0.15, 0.2) is 0 Å². The summed E-state index contributed by atoms with van der Waals surface area (Å²) in [5, 5.41) is 9.36. The summed E-state index contributed by atoms with van der Waals surface area (Å²) in [6.45, 7) is 7.48. The molecular weight excluding hydrogens is 342 g/mol. The zero-order chi connectivity index (χ0) is 19.2. The largest absolute Gasteiger partial charge is 0.491 e. The zero-order valence-corrected chi connectivity index (χ0v) is 15.8. The lowest BCUT2D eigenvalue weighted by Crippen LogP contribution is -2.28. The van der Waals surface area contributed by atoms with Crippen molar-refractivity contribution >= 4 is 17.0 Å². The van der Waals surface area contributed by atoms with Crippen LogP contribution in [0, 0.1) is 0 Å². The second-order valence-corrected chi connectivity index (χ2v) is 6.28. The summed E-state index contributed by atoms with van der Waals surface area (Å²) < 4.78 is 7.77. The molecule has 0 saturated carbocycles. The number of likely N-dealkylation sites (N-methyl/N-ethyl adjacent to an activating group) is 1. The third-order valence-corrected chi connectivity index (χ3v) is 4.64. The summed E-state index contributed by atoms with van der Waals surface area (Å²) in [6, 6.07) is 15.2. The molecular formula is C21H25N3O3. The van der Waals surface area contributed by atoms with Crippen molar-refractivity contribution in [1.82, 2.24) is 14.5 Å². The van der Waals surface area contributed by atoms with Crippen LogP contribution in [-0.2, 0) is 11.3 Å². The van der Waals surface area contributed by atoms with Gasteiger partial charge >= 0.3 is 5.97 Å². The van der Waals surface area contributed by atoms with Crippen LogP contribution in [0.1, 0.15) is 13.8 Å². The van der Waals surface area contributed by atoms with Crippen LogP contribution in [0.2, 0.25) is 0 Å². The van der Waals surface area contributed by atoms with Crippen molar-refractivity contribution in [3.05, 3.63) is 48.5 Å². The number of aliphatic carboxylic acids is 1. The van der Waals surface area contributed by atoms with Crippen LogP contribution in [0.15, 0.2) is 48.5 Å². The number of carbonyl (C=O) groups is 1. The number of aromatic nitrogens is 2. The molecule has 2 aromatic carbocycles. The molecule has 0 bridgehead atoms. The molecule has 0 radical (unpaired) electrons. The van der Waals surface area contributed by atoms with Crippen molar-refractivity contribution in [1.29, 1.82) is 0 Å². The highest BCUT2D eigenvalue weighted by atomic mass is 16.5. The lowest BCUT2D eigenvalue weighted by Gasteiger charge is -2.19. The van der Waals surface area contributed by atoms with Gasteiger partial charge in [-0.05, 0) is 37.4 Å². The molecule has 6 heteroatoms. The molecule has 1 heterocycles. The fourth-order valence-corrected chi connectivity index (χ4v) is 3.18. The number of imidazole rings is 1. The maximum Gasteiger partial charge on any atom is 0.323 e. The smallest absolute Gasteiger partial charge is 0.323 e. The second kappa shape index (κ2) is 8.68. The molecule has 1 aromatic heterocycles. The Labute approximate surface area is 159 Å². The molecule has 0 aliphatic carbocycles. The molecule has 0 atom stereocenters. The van der Waals surface area contributed by atoms with Crippen LogP contribution in [0.25, 0.3) is 22.4 Å². The van der Waals surface area contributed by atoms with Crippen molar-refractivity contribution in [3.63, 3.8) is 0 Å². The molecule has 0 aliphatic heterocycles. The molecule has 3 aromatic rings. The molecule has 3 rings (SSSR count). The van der Waals surface area contributed by atoms with Gasteiger partial charge in [0.2, 0.25) is 0 Å². The summed E-state index contributed by atoms with van der Waals surface area (Å²) in [4.78, 5) is 18.4. The van der Waals surface area contributed by atoms with Gasteiger partial charge in [0.1, 0.15) is 24.7 Å². The van der Waals surface area contributed by atoms with Crippen molar-refractivity contribution in [2.24, 2.45) is 0 Å². The molecule has 27 heavy (non-hydrogen) atoms. The number of hydrogen-bond acceptors (Lipinski definition) is 4. The van der Waals surface area contributed by atoms with E-state index in [2.05, 4.69) is 23.7 Å². The normalized spacial score (nSPS) is 11.2. The van der Waals surface area contributed by atoms with Crippen molar-refractivity contribution < 1.29 is 14.6 Å². The fraction of sp³-hybridized carbons (Fsp3) is 0.333. The third-order valence-electron chi connectivity index (χ3n) is 4.64. The van der Waals surface area contributed by atoms with E-state index in [1.54, 1.807) is 4.57 Å². The van der Waals surface area contributed by atoms with Crippen LogP contribution in [0.3, 0.4) is 0 Å².